The van der Waals surface area contributed by atoms with Crippen LogP contribution in [0.15, 0.2) is 11.4 Å². The van der Waals surface area contributed by atoms with Crippen LogP contribution in [0.4, 0.5) is 0 Å². The molecule has 0 amide bonds. The Labute approximate surface area is 88.4 Å². The maximum absolute atomic E-state index is 11.2. The molecular formula is C9H13O3PS. The second-order valence-electron chi connectivity index (χ2n) is 2.97. The molecule has 1 aromatic heterocycles. The summed E-state index contributed by atoms with van der Waals surface area (Å²) in [5.74, 6) is 0.0150. The third-order valence-electron chi connectivity index (χ3n) is 1.91. The molecule has 1 rings (SSSR count). The molecular weight excluding hydrogens is 219 g/mol. The van der Waals surface area contributed by atoms with Crippen molar-refractivity contribution in [3.05, 3.63) is 21.9 Å². The summed E-state index contributed by atoms with van der Waals surface area (Å²) in [6.07, 6.45) is 1.24. The fourth-order valence-corrected chi connectivity index (χ4v) is 2.28. The predicted octanol–water partition coefficient (Wildman–Crippen LogP) is 2.25. The molecule has 0 radical (unpaired) electrons. The summed E-state index contributed by atoms with van der Waals surface area (Å²) in [6.45, 7) is 2.03. The summed E-state index contributed by atoms with van der Waals surface area (Å²) in [5, 5.41) is 2.02. The van der Waals surface area contributed by atoms with E-state index >= 15 is 0 Å². The fraction of sp³-hybridized carbons (Fsp3) is 0.444. The van der Waals surface area contributed by atoms with Crippen molar-refractivity contribution in [2.45, 2.75) is 19.8 Å². The van der Waals surface area contributed by atoms with Gasteiger partial charge in [-0.25, -0.2) is 0 Å². The molecule has 3 nitrogen and oxygen atoms in total. The molecule has 78 valence electrons. The zero-order valence-corrected chi connectivity index (χ0v) is 9.96. The molecule has 0 saturated heterocycles. The number of Topliss-reactive ketones (excluding diaryl/α,β-unsaturated/α-hetero) is 1. The number of carbonyl (C=O) groups is 1. The normalized spacial score (nSPS) is 11.2. The van der Waals surface area contributed by atoms with Gasteiger partial charge in [0, 0.05) is 11.3 Å². The molecule has 1 atom stereocenters. The molecule has 0 aliphatic heterocycles. The molecule has 1 unspecified atom stereocenters. The van der Waals surface area contributed by atoms with E-state index in [1.807, 2.05) is 18.4 Å². The Bertz CT molecular complexity index is 322. The van der Waals surface area contributed by atoms with Gasteiger partial charge in [-0.15, -0.1) is 11.3 Å². The minimum atomic E-state index is -1.26. The zero-order chi connectivity index (χ0) is 10.4. The van der Waals surface area contributed by atoms with E-state index in [2.05, 4.69) is 4.52 Å². The maximum atomic E-state index is 11.2. The lowest BCUT2D eigenvalue weighted by Crippen LogP contribution is -2.05. The van der Waals surface area contributed by atoms with Gasteiger partial charge in [-0.1, -0.05) is 0 Å². The Kier molecular flexibility index (Phi) is 5.09. The molecule has 0 bridgehead atoms. The number of carbonyl (C=O) groups excluding carboxylic acids is 1. The molecule has 0 saturated carbocycles. The molecule has 0 aromatic carbocycles. The summed E-state index contributed by atoms with van der Waals surface area (Å²) in [5.41, 5.74) is 1.23. The molecule has 0 aliphatic carbocycles. The summed E-state index contributed by atoms with van der Waals surface area (Å²) >= 11 is 1.67. The summed E-state index contributed by atoms with van der Waals surface area (Å²) in [7, 11) is -1.26. The maximum Gasteiger partial charge on any atom is 0.180 e. The Balaban J connectivity index is 2.30. The van der Waals surface area contributed by atoms with Crippen LogP contribution in [0.25, 0.3) is 0 Å². The van der Waals surface area contributed by atoms with Crippen molar-refractivity contribution < 1.29 is 13.9 Å². The van der Waals surface area contributed by atoms with Crippen molar-refractivity contribution in [2.24, 2.45) is 0 Å². The first kappa shape index (κ1) is 11.6. The van der Waals surface area contributed by atoms with Crippen LogP contribution in [0, 0.1) is 6.92 Å². The number of ketones is 1. The van der Waals surface area contributed by atoms with Gasteiger partial charge in [0.2, 0.25) is 0 Å². The molecule has 5 heteroatoms. The Morgan fingerprint density at radius 3 is 3.00 bits per heavy atom. The second-order valence-corrected chi connectivity index (χ2v) is 4.50. The van der Waals surface area contributed by atoms with Crippen LogP contribution < -0.4 is 0 Å². The molecule has 1 heterocycles. The van der Waals surface area contributed by atoms with E-state index in [0.29, 0.717) is 6.42 Å². The van der Waals surface area contributed by atoms with Crippen LogP contribution in [0.2, 0.25) is 0 Å². The highest BCUT2D eigenvalue weighted by atomic mass is 32.1. The predicted molar refractivity (Wildman–Crippen MR) is 58.7 cm³/mol. The molecule has 1 aromatic rings. The van der Waals surface area contributed by atoms with Crippen LogP contribution >= 0.6 is 20.0 Å². The van der Waals surface area contributed by atoms with E-state index in [-0.39, 0.29) is 12.4 Å². The first-order valence-corrected chi connectivity index (χ1v) is 6.16. The van der Waals surface area contributed by atoms with Gasteiger partial charge in [0.15, 0.2) is 14.5 Å². The van der Waals surface area contributed by atoms with Gasteiger partial charge >= 0.3 is 0 Å². The third kappa shape index (κ3) is 3.74. The number of thiophene rings is 1. The number of hydrogen-bond acceptors (Lipinski definition) is 4. The summed E-state index contributed by atoms with van der Waals surface area (Å²) in [6, 6.07) is 2.04. The molecule has 0 fully saturated rings. The second kappa shape index (κ2) is 6.12. The van der Waals surface area contributed by atoms with E-state index in [4.69, 9.17) is 0 Å². The van der Waals surface area contributed by atoms with E-state index in [9.17, 15) is 9.36 Å². The highest BCUT2D eigenvalue weighted by Gasteiger charge is 2.05. The van der Waals surface area contributed by atoms with Crippen LogP contribution in [0.5, 0.6) is 0 Å². The first-order valence-electron chi connectivity index (χ1n) is 4.34. The van der Waals surface area contributed by atoms with Gasteiger partial charge in [0.05, 0.1) is 0 Å². The van der Waals surface area contributed by atoms with Gasteiger partial charge in [0.1, 0.15) is 6.61 Å². The van der Waals surface area contributed by atoms with E-state index in [0.717, 1.165) is 6.42 Å². The lowest BCUT2D eigenvalue weighted by molar-refractivity contribution is -0.120. The Hall–Kier alpha value is -0.440. The Morgan fingerprint density at radius 1 is 1.64 bits per heavy atom. The average Bonchev–Trinajstić information content (AvgIpc) is 2.58. The lowest BCUT2D eigenvalue weighted by atomic mass is 10.1. The topological polar surface area (TPSA) is 43.4 Å². The molecule has 0 spiro atoms. The third-order valence-corrected chi connectivity index (χ3v) is 3.30. The van der Waals surface area contributed by atoms with Crippen molar-refractivity contribution >= 4 is 25.8 Å². The highest BCUT2D eigenvalue weighted by molar-refractivity contribution is 7.17. The first-order chi connectivity index (χ1) is 6.74. The number of aryl methyl sites for hydroxylation is 2. The van der Waals surface area contributed by atoms with E-state index in [1.165, 1.54) is 10.4 Å². The SMILES string of the molecule is Cc1ccsc1CCC(=O)CO[PH2]=O. The smallest absolute Gasteiger partial charge is 0.180 e. The number of hydrogen-bond donors (Lipinski definition) is 0. The van der Waals surface area contributed by atoms with Crippen LogP contribution in [-0.4, -0.2) is 12.4 Å². The number of rotatable bonds is 6. The van der Waals surface area contributed by atoms with Gasteiger partial charge in [-0.05, 0) is 30.4 Å². The minimum absolute atomic E-state index is 0.0107. The lowest BCUT2D eigenvalue weighted by Gasteiger charge is -1.98. The highest BCUT2D eigenvalue weighted by Crippen LogP contribution is 2.17. The van der Waals surface area contributed by atoms with Crippen molar-refractivity contribution in [3.8, 4) is 0 Å². The average molecular weight is 232 g/mol. The van der Waals surface area contributed by atoms with Crippen molar-refractivity contribution in [1.29, 1.82) is 0 Å². The van der Waals surface area contributed by atoms with Gasteiger partial charge in [-0.2, -0.15) is 0 Å². The molecule has 14 heavy (non-hydrogen) atoms. The minimum Gasteiger partial charge on any atom is -0.325 e. The monoisotopic (exact) mass is 232 g/mol. The van der Waals surface area contributed by atoms with Gasteiger partial charge in [-0.3, -0.25) is 9.36 Å². The van der Waals surface area contributed by atoms with Crippen molar-refractivity contribution in [1.82, 2.24) is 0 Å². The van der Waals surface area contributed by atoms with Crippen LogP contribution in [0.1, 0.15) is 16.9 Å². The van der Waals surface area contributed by atoms with Crippen molar-refractivity contribution in [3.63, 3.8) is 0 Å². The largest absolute Gasteiger partial charge is 0.325 e. The van der Waals surface area contributed by atoms with Crippen molar-refractivity contribution in [2.75, 3.05) is 6.61 Å². The Morgan fingerprint density at radius 2 is 2.43 bits per heavy atom. The van der Waals surface area contributed by atoms with E-state index < -0.39 is 8.69 Å². The summed E-state index contributed by atoms with van der Waals surface area (Å²) < 4.78 is 14.6. The summed E-state index contributed by atoms with van der Waals surface area (Å²) in [4.78, 5) is 12.4. The standard InChI is InChI=1S/C9H13O3PS/c1-7-4-5-14-9(7)3-2-8(10)6-12-13-11/h4-5H,2-3,6,13H2,1H3. The fourth-order valence-electron chi connectivity index (χ4n) is 1.11. The molecule has 0 N–H and O–H groups in total. The molecule has 0 aliphatic rings. The van der Waals surface area contributed by atoms with Crippen LogP contribution in [0.3, 0.4) is 0 Å². The van der Waals surface area contributed by atoms with Crippen LogP contribution in [-0.2, 0) is 20.3 Å². The van der Waals surface area contributed by atoms with E-state index in [1.54, 1.807) is 11.3 Å². The zero-order valence-electron chi connectivity index (χ0n) is 7.99. The van der Waals surface area contributed by atoms with Gasteiger partial charge in [0.25, 0.3) is 0 Å². The van der Waals surface area contributed by atoms with Gasteiger partial charge < -0.3 is 4.52 Å². The quantitative estimate of drug-likeness (QED) is 0.706.